The van der Waals surface area contributed by atoms with Crippen LogP contribution in [0.1, 0.15) is 37.0 Å². The van der Waals surface area contributed by atoms with Gasteiger partial charge >= 0.3 is 11.6 Å². The maximum atomic E-state index is 12.0. The first-order chi connectivity index (χ1) is 14.8. The van der Waals surface area contributed by atoms with Crippen molar-refractivity contribution in [2.75, 3.05) is 39.3 Å². The predicted octanol–water partition coefficient (Wildman–Crippen LogP) is 1.80. The molecule has 0 amide bonds. The van der Waals surface area contributed by atoms with Crippen LogP contribution in [0.25, 0.3) is 11.0 Å². The van der Waals surface area contributed by atoms with Crippen LogP contribution in [0.4, 0.5) is 0 Å². The Labute approximate surface area is 182 Å². The second-order valence-electron chi connectivity index (χ2n) is 8.37. The minimum absolute atomic E-state index is 0.0661. The molecule has 8 heteroatoms. The Balaban J connectivity index is 1.90. The maximum Gasteiger partial charge on any atom is 0.336 e. The highest BCUT2D eigenvalue weighted by Gasteiger charge is 2.22. The molecule has 31 heavy (non-hydrogen) atoms. The van der Waals surface area contributed by atoms with E-state index < -0.39 is 5.63 Å². The fourth-order valence-corrected chi connectivity index (χ4v) is 4.00. The van der Waals surface area contributed by atoms with E-state index in [1.165, 1.54) is 6.07 Å². The first kappa shape index (κ1) is 23.2. The number of piperazine rings is 1. The Morgan fingerprint density at radius 3 is 2.52 bits per heavy atom. The topological polar surface area (TPSA) is 103 Å². The molecule has 0 spiro atoms. The number of fused-ring (bicyclic) bond motifs is 1. The number of aryl methyl sites for hydroxylation is 2. The van der Waals surface area contributed by atoms with E-state index in [0.717, 1.165) is 37.1 Å². The number of carbonyl (C=O) groups excluding carboxylic acids is 1. The summed E-state index contributed by atoms with van der Waals surface area (Å²) in [7, 11) is 0. The van der Waals surface area contributed by atoms with Crippen LogP contribution in [0.2, 0.25) is 0 Å². The van der Waals surface area contributed by atoms with E-state index in [1.807, 2.05) is 6.92 Å². The average Bonchev–Trinajstić information content (AvgIpc) is 2.70. The molecular weight excluding hydrogens is 400 g/mol. The Hall–Kier alpha value is -2.42. The highest BCUT2D eigenvalue weighted by Crippen LogP contribution is 2.34. The maximum absolute atomic E-state index is 12.0. The molecule has 2 heterocycles. The zero-order valence-electron chi connectivity index (χ0n) is 18.5. The van der Waals surface area contributed by atoms with Gasteiger partial charge in [-0.1, -0.05) is 0 Å². The predicted molar refractivity (Wildman–Crippen MR) is 117 cm³/mol. The van der Waals surface area contributed by atoms with E-state index in [-0.39, 0.29) is 30.9 Å². The first-order valence-electron chi connectivity index (χ1n) is 10.8. The SMILES string of the molecule is Cc1cc(=O)oc2c(CN3CCN(CCO)CC3)c(O)c(CCC(=O)OC(C)C)cc12. The summed E-state index contributed by atoms with van der Waals surface area (Å²) in [5.41, 5.74) is 1.92. The number of aliphatic hydroxyl groups excluding tert-OH is 1. The molecule has 1 aliphatic rings. The molecule has 170 valence electrons. The minimum Gasteiger partial charge on any atom is -0.507 e. The largest absolute Gasteiger partial charge is 0.507 e. The van der Waals surface area contributed by atoms with Gasteiger partial charge in [0.05, 0.1) is 18.3 Å². The van der Waals surface area contributed by atoms with Gasteiger partial charge < -0.3 is 19.4 Å². The van der Waals surface area contributed by atoms with Crippen LogP contribution in [0, 0.1) is 6.92 Å². The smallest absolute Gasteiger partial charge is 0.336 e. The third kappa shape index (κ3) is 5.84. The van der Waals surface area contributed by atoms with Crippen molar-refractivity contribution in [3.63, 3.8) is 0 Å². The Morgan fingerprint density at radius 2 is 1.87 bits per heavy atom. The summed E-state index contributed by atoms with van der Waals surface area (Å²) in [5.74, 6) is -0.247. The summed E-state index contributed by atoms with van der Waals surface area (Å²) in [5, 5.41) is 20.9. The van der Waals surface area contributed by atoms with E-state index in [4.69, 9.17) is 14.3 Å². The monoisotopic (exact) mass is 432 g/mol. The molecule has 8 nitrogen and oxygen atoms in total. The van der Waals surface area contributed by atoms with Crippen molar-refractivity contribution in [3.05, 3.63) is 39.2 Å². The molecule has 0 unspecified atom stereocenters. The van der Waals surface area contributed by atoms with Crippen LogP contribution >= 0.6 is 0 Å². The van der Waals surface area contributed by atoms with Gasteiger partial charge in [0, 0.05) is 57.1 Å². The number of benzene rings is 1. The molecule has 0 aliphatic carbocycles. The molecule has 2 N–H and O–H groups in total. The number of rotatable bonds is 8. The fourth-order valence-electron chi connectivity index (χ4n) is 4.00. The van der Waals surface area contributed by atoms with Crippen molar-refractivity contribution < 1.29 is 24.2 Å². The first-order valence-corrected chi connectivity index (χ1v) is 10.8. The van der Waals surface area contributed by atoms with Crippen molar-refractivity contribution in [2.45, 2.75) is 46.3 Å². The summed E-state index contributed by atoms with van der Waals surface area (Å²) in [6.07, 6.45) is 0.310. The summed E-state index contributed by atoms with van der Waals surface area (Å²) in [4.78, 5) is 28.4. The zero-order chi connectivity index (χ0) is 22.5. The van der Waals surface area contributed by atoms with Crippen molar-refractivity contribution >= 4 is 16.9 Å². The Morgan fingerprint density at radius 1 is 1.19 bits per heavy atom. The van der Waals surface area contributed by atoms with E-state index in [9.17, 15) is 14.7 Å². The lowest BCUT2D eigenvalue weighted by Crippen LogP contribution is -2.46. The van der Waals surface area contributed by atoms with Gasteiger partial charge in [-0.05, 0) is 44.4 Å². The van der Waals surface area contributed by atoms with Crippen molar-refractivity contribution in [1.82, 2.24) is 9.80 Å². The lowest BCUT2D eigenvalue weighted by molar-refractivity contribution is -0.147. The molecule has 1 aromatic heterocycles. The van der Waals surface area contributed by atoms with Crippen LogP contribution in [0.3, 0.4) is 0 Å². The molecule has 0 bridgehead atoms. The van der Waals surface area contributed by atoms with Gasteiger partial charge in [0.15, 0.2) is 0 Å². The highest BCUT2D eigenvalue weighted by molar-refractivity contribution is 5.86. The summed E-state index contributed by atoms with van der Waals surface area (Å²) in [6.45, 7) is 9.87. The van der Waals surface area contributed by atoms with Crippen LogP contribution < -0.4 is 5.63 Å². The van der Waals surface area contributed by atoms with Gasteiger partial charge in [-0.3, -0.25) is 14.6 Å². The number of carbonyl (C=O) groups is 1. The molecular formula is C23H32N2O6. The molecule has 1 aromatic carbocycles. The second-order valence-corrected chi connectivity index (χ2v) is 8.37. The second kappa shape index (κ2) is 10.3. The molecule has 3 rings (SSSR count). The third-order valence-corrected chi connectivity index (χ3v) is 5.62. The molecule has 0 atom stereocenters. The number of hydrogen-bond acceptors (Lipinski definition) is 8. The van der Waals surface area contributed by atoms with Gasteiger partial charge in [0.2, 0.25) is 0 Å². The average molecular weight is 433 g/mol. The quantitative estimate of drug-likeness (QED) is 0.481. The number of phenolic OH excluding ortho intramolecular Hbond substituents is 1. The van der Waals surface area contributed by atoms with E-state index >= 15 is 0 Å². The summed E-state index contributed by atoms with van der Waals surface area (Å²) < 4.78 is 10.7. The van der Waals surface area contributed by atoms with Crippen LogP contribution in [-0.2, 0) is 22.5 Å². The number of esters is 1. The van der Waals surface area contributed by atoms with Crippen LogP contribution in [0.5, 0.6) is 5.75 Å². The van der Waals surface area contributed by atoms with Crippen molar-refractivity contribution in [3.8, 4) is 5.75 Å². The van der Waals surface area contributed by atoms with Crippen LogP contribution in [-0.4, -0.2) is 71.4 Å². The van der Waals surface area contributed by atoms with Gasteiger partial charge in [0.1, 0.15) is 11.3 Å². The number of aliphatic hydroxyl groups is 1. The van der Waals surface area contributed by atoms with E-state index in [1.54, 1.807) is 19.9 Å². The molecule has 2 aromatic rings. The number of phenols is 1. The molecule has 0 radical (unpaired) electrons. The zero-order valence-corrected chi connectivity index (χ0v) is 18.5. The number of hydrogen-bond donors (Lipinski definition) is 2. The summed E-state index contributed by atoms with van der Waals surface area (Å²) >= 11 is 0. The number of ether oxygens (including phenoxy) is 1. The standard InChI is InChI=1S/C23H32N2O6/c1-15(2)30-20(27)5-4-17-13-18-16(3)12-21(28)31-23(18)19(22(17)29)14-25-8-6-24(7-9-25)10-11-26/h12-13,15,26,29H,4-11,14H2,1-3H3. The lowest BCUT2D eigenvalue weighted by atomic mass is 9.98. The Bertz CT molecular complexity index is 976. The molecule has 0 saturated carbocycles. The molecule has 1 fully saturated rings. The number of β-amino-alcohol motifs (C(OH)–C–C–N with tert-alkyl or cyclic N) is 1. The van der Waals surface area contributed by atoms with E-state index in [2.05, 4.69) is 9.80 Å². The van der Waals surface area contributed by atoms with Gasteiger partial charge in [0.25, 0.3) is 0 Å². The van der Waals surface area contributed by atoms with Gasteiger partial charge in [-0.25, -0.2) is 4.79 Å². The minimum atomic E-state index is -0.452. The highest BCUT2D eigenvalue weighted by atomic mass is 16.5. The van der Waals surface area contributed by atoms with Crippen molar-refractivity contribution in [1.29, 1.82) is 0 Å². The fraction of sp³-hybridized carbons (Fsp3) is 0.565. The number of aromatic hydroxyl groups is 1. The Kier molecular flexibility index (Phi) is 7.69. The van der Waals surface area contributed by atoms with E-state index in [0.29, 0.717) is 36.2 Å². The normalized spacial score (nSPS) is 15.6. The van der Waals surface area contributed by atoms with Crippen LogP contribution in [0.15, 0.2) is 21.3 Å². The van der Waals surface area contributed by atoms with Crippen molar-refractivity contribution in [2.24, 2.45) is 0 Å². The molecule has 1 aliphatic heterocycles. The third-order valence-electron chi connectivity index (χ3n) is 5.62. The summed E-state index contributed by atoms with van der Waals surface area (Å²) in [6, 6.07) is 3.24. The lowest BCUT2D eigenvalue weighted by Gasteiger charge is -2.34. The number of nitrogens with zero attached hydrogens (tertiary/aromatic N) is 2. The van der Waals surface area contributed by atoms with Gasteiger partial charge in [-0.2, -0.15) is 0 Å². The van der Waals surface area contributed by atoms with Gasteiger partial charge in [-0.15, -0.1) is 0 Å². The molecule has 1 saturated heterocycles.